The van der Waals surface area contributed by atoms with Gasteiger partial charge in [-0.15, -0.1) is 0 Å². The van der Waals surface area contributed by atoms with E-state index in [9.17, 15) is 18.8 Å². The van der Waals surface area contributed by atoms with Crippen LogP contribution in [0.15, 0.2) is 22.6 Å². The van der Waals surface area contributed by atoms with Gasteiger partial charge in [0.05, 0.1) is 19.3 Å². The molecule has 9 nitrogen and oxygen atoms in total. The van der Waals surface area contributed by atoms with Crippen molar-refractivity contribution in [3.05, 3.63) is 29.9 Å². The van der Waals surface area contributed by atoms with Gasteiger partial charge in [-0.1, -0.05) is 0 Å². The molecule has 1 aromatic carbocycles. The van der Waals surface area contributed by atoms with Gasteiger partial charge < -0.3 is 24.1 Å². The van der Waals surface area contributed by atoms with Crippen molar-refractivity contribution < 1.29 is 32.7 Å². The summed E-state index contributed by atoms with van der Waals surface area (Å²) >= 11 is 0. The quantitative estimate of drug-likeness (QED) is 0.775. The molecule has 0 saturated carbocycles. The summed E-state index contributed by atoms with van der Waals surface area (Å²) in [4.78, 5) is 41.5. The molecule has 1 fully saturated rings. The number of nitrogens with zero attached hydrogens (tertiary/aromatic N) is 2. The number of ether oxygens (including phenoxy) is 2. The third kappa shape index (κ3) is 4.59. The van der Waals surface area contributed by atoms with E-state index in [0.29, 0.717) is 31.8 Å². The summed E-state index contributed by atoms with van der Waals surface area (Å²) in [7, 11) is 0. The molecule has 0 bridgehead atoms. The number of ketones is 1. The predicted octanol–water partition coefficient (Wildman–Crippen LogP) is 1.12. The minimum atomic E-state index is -1.01. The van der Waals surface area contributed by atoms with E-state index < -0.39 is 30.3 Å². The van der Waals surface area contributed by atoms with Gasteiger partial charge in [0, 0.05) is 19.2 Å². The highest BCUT2D eigenvalue weighted by molar-refractivity contribution is 5.99. The molecule has 1 N–H and O–H groups in total. The van der Waals surface area contributed by atoms with Crippen molar-refractivity contribution in [1.29, 1.82) is 0 Å². The van der Waals surface area contributed by atoms with Crippen LogP contribution < -0.4 is 5.32 Å². The van der Waals surface area contributed by atoms with Gasteiger partial charge in [0.15, 0.2) is 12.2 Å². The molecule has 1 aromatic heterocycles. The summed E-state index contributed by atoms with van der Waals surface area (Å²) in [6.07, 6.45) is -0.917. The number of oxazole rings is 1. The van der Waals surface area contributed by atoms with Gasteiger partial charge in [-0.05, 0) is 19.1 Å². The fourth-order valence-electron chi connectivity index (χ4n) is 2.50. The van der Waals surface area contributed by atoms with Crippen LogP contribution in [0.4, 0.5) is 9.18 Å². The van der Waals surface area contributed by atoms with Gasteiger partial charge >= 0.3 is 6.09 Å². The van der Waals surface area contributed by atoms with E-state index in [1.165, 1.54) is 24.0 Å². The standard InChI is InChI=1S/C17H18FN3O6/c1-10(15(23)16-20-12-3-2-11(18)8-13(12)27-16)19-17(24)26-9-14(22)21-4-6-25-7-5-21/h2-3,8,10H,4-7,9H2,1H3,(H,19,24). The van der Waals surface area contributed by atoms with Crippen LogP contribution in [0, 0.1) is 5.82 Å². The van der Waals surface area contributed by atoms with E-state index in [4.69, 9.17) is 13.9 Å². The summed E-state index contributed by atoms with van der Waals surface area (Å²) in [5.74, 6) is -1.72. The second kappa shape index (κ2) is 8.12. The van der Waals surface area contributed by atoms with E-state index in [1.54, 1.807) is 0 Å². The first-order chi connectivity index (χ1) is 12.9. The van der Waals surface area contributed by atoms with Crippen LogP contribution in [-0.2, 0) is 14.3 Å². The lowest BCUT2D eigenvalue weighted by atomic mass is 10.2. The van der Waals surface area contributed by atoms with Gasteiger partial charge in [-0.25, -0.2) is 14.2 Å². The number of benzene rings is 1. The summed E-state index contributed by atoms with van der Waals surface area (Å²) in [6, 6.07) is 2.69. The van der Waals surface area contributed by atoms with Crippen molar-refractivity contribution in [1.82, 2.24) is 15.2 Å². The summed E-state index contributed by atoms with van der Waals surface area (Å²) < 4.78 is 28.4. The number of nitrogens with one attached hydrogen (secondary N) is 1. The average Bonchev–Trinajstić information content (AvgIpc) is 3.09. The first-order valence-electron chi connectivity index (χ1n) is 8.33. The Labute approximate surface area is 153 Å². The molecular formula is C17H18FN3O6. The molecule has 10 heteroatoms. The number of Topliss-reactive ketones (excluding diaryl/α,β-unsaturated/α-hetero) is 1. The molecule has 144 valence electrons. The van der Waals surface area contributed by atoms with Crippen LogP contribution in [0.2, 0.25) is 0 Å². The second-order valence-electron chi connectivity index (χ2n) is 5.93. The van der Waals surface area contributed by atoms with Crippen LogP contribution in [0.5, 0.6) is 0 Å². The number of morpholine rings is 1. The molecular weight excluding hydrogens is 361 g/mol. The Balaban J connectivity index is 1.52. The number of rotatable bonds is 5. The Kier molecular flexibility index (Phi) is 5.65. The Morgan fingerprint density at radius 3 is 2.81 bits per heavy atom. The van der Waals surface area contributed by atoms with Crippen molar-refractivity contribution in [3.63, 3.8) is 0 Å². The molecule has 3 rings (SSSR count). The van der Waals surface area contributed by atoms with Gasteiger partial charge in [0.25, 0.3) is 11.8 Å². The first-order valence-corrected chi connectivity index (χ1v) is 8.33. The Hall–Kier alpha value is -3.01. The number of carbonyl (C=O) groups excluding carboxylic acids is 3. The molecule has 1 aliphatic heterocycles. The minimum absolute atomic E-state index is 0.129. The highest BCUT2D eigenvalue weighted by Crippen LogP contribution is 2.17. The molecule has 27 heavy (non-hydrogen) atoms. The van der Waals surface area contributed by atoms with Gasteiger partial charge in [0.1, 0.15) is 11.3 Å². The van der Waals surface area contributed by atoms with Crippen LogP contribution in [0.3, 0.4) is 0 Å². The van der Waals surface area contributed by atoms with Crippen molar-refractivity contribution >= 4 is 28.9 Å². The monoisotopic (exact) mass is 379 g/mol. The van der Waals surface area contributed by atoms with Crippen molar-refractivity contribution in [2.75, 3.05) is 32.9 Å². The summed E-state index contributed by atoms with van der Waals surface area (Å²) in [5, 5.41) is 2.31. The van der Waals surface area contributed by atoms with Crippen LogP contribution in [0.25, 0.3) is 11.1 Å². The van der Waals surface area contributed by atoms with E-state index in [0.717, 1.165) is 6.07 Å². The highest BCUT2D eigenvalue weighted by atomic mass is 19.1. The summed E-state index contributed by atoms with van der Waals surface area (Å²) in [5.41, 5.74) is 0.454. The van der Waals surface area contributed by atoms with Crippen molar-refractivity contribution in [3.8, 4) is 0 Å². The van der Waals surface area contributed by atoms with Crippen molar-refractivity contribution in [2.24, 2.45) is 0 Å². The molecule has 1 aliphatic rings. The molecule has 1 saturated heterocycles. The SMILES string of the molecule is CC(NC(=O)OCC(=O)N1CCOCC1)C(=O)c1nc2ccc(F)cc2o1. The third-order valence-electron chi connectivity index (χ3n) is 3.98. The topological polar surface area (TPSA) is 111 Å². The maximum Gasteiger partial charge on any atom is 0.408 e. The van der Waals surface area contributed by atoms with Crippen molar-refractivity contribution in [2.45, 2.75) is 13.0 Å². The van der Waals surface area contributed by atoms with Gasteiger partial charge in [0.2, 0.25) is 5.78 Å². The second-order valence-corrected chi connectivity index (χ2v) is 5.93. The zero-order valence-corrected chi connectivity index (χ0v) is 14.6. The normalized spacial score (nSPS) is 15.4. The number of fused-ring (bicyclic) bond motifs is 1. The molecule has 0 aliphatic carbocycles. The number of carbonyl (C=O) groups is 3. The number of hydrogen-bond acceptors (Lipinski definition) is 7. The molecule has 2 heterocycles. The number of halogens is 1. The highest BCUT2D eigenvalue weighted by Gasteiger charge is 2.24. The van der Waals surface area contributed by atoms with Crippen LogP contribution >= 0.6 is 0 Å². The largest absolute Gasteiger partial charge is 0.439 e. The fourth-order valence-corrected chi connectivity index (χ4v) is 2.50. The number of amides is 2. The van der Waals surface area contributed by atoms with E-state index in [1.807, 2.05) is 0 Å². The fraction of sp³-hybridized carbons (Fsp3) is 0.412. The lowest BCUT2D eigenvalue weighted by Crippen LogP contribution is -2.44. The predicted molar refractivity (Wildman–Crippen MR) is 89.6 cm³/mol. The molecule has 2 amide bonds. The van der Waals surface area contributed by atoms with Crippen LogP contribution in [0.1, 0.15) is 17.6 Å². The Morgan fingerprint density at radius 2 is 2.07 bits per heavy atom. The average molecular weight is 379 g/mol. The van der Waals surface area contributed by atoms with Gasteiger partial charge in [-0.2, -0.15) is 0 Å². The van der Waals surface area contributed by atoms with Gasteiger partial charge in [-0.3, -0.25) is 9.59 Å². The summed E-state index contributed by atoms with van der Waals surface area (Å²) in [6.45, 7) is 2.75. The number of aromatic nitrogens is 1. The maximum absolute atomic E-state index is 13.2. The zero-order chi connectivity index (χ0) is 19.4. The number of alkyl carbamates (subject to hydrolysis) is 1. The molecule has 1 atom stereocenters. The maximum atomic E-state index is 13.2. The first kappa shape index (κ1) is 18.8. The third-order valence-corrected chi connectivity index (χ3v) is 3.98. The zero-order valence-electron chi connectivity index (χ0n) is 14.6. The lowest BCUT2D eigenvalue weighted by Gasteiger charge is -2.26. The smallest absolute Gasteiger partial charge is 0.408 e. The Morgan fingerprint density at radius 1 is 1.33 bits per heavy atom. The minimum Gasteiger partial charge on any atom is -0.439 e. The lowest BCUT2D eigenvalue weighted by molar-refractivity contribution is -0.138. The van der Waals surface area contributed by atoms with Crippen LogP contribution in [-0.4, -0.2) is 66.6 Å². The van der Waals surface area contributed by atoms with E-state index >= 15 is 0 Å². The molecule has 1 unspecified atom stereocenters. The number of hydrogen-bond donors (Lipinski definition) is 1. The van der Waals surface area contributed by atoms with E-state index in [-0.39, 0.29) is 17.4 Å². The molecule has 0 radical (unpaired) electrons. The molecule has 0 spiro atoms. The molecule has 2 aromatic rings. The van der Waals surface area contributed by atoms with E-state index in [2.05, 4.69) is 10.3 Å². The Bertz CT molecular complexity index is 861.